The number of carbonyl (C=O) groups is 3. The third kappa shape index (κ3) is 7.45. The second-order valence-electron chi connectivity index (χ2n) is 6.08. The smallest absolute Gasteiger partial charge is 0.328 e. The van der Waals surface area contributed by atoms with Gasteiger partial charge in [0.15, 0.2) is 11.9 Å². The maximum Gasteiger partial charge on any atom is 0.328 e. The maximum absolute atomic E-state index is 11.4. The Morgan fingerprint density at radius 1 is 1.03 bits per heavy atom. The average molecular weight is 443 g/mol. The van der Waals surface area contributed by atoms with Gasteiger partial charge >= 0.3 is 17.9 Å². The fourth-order valence-corrected chi connectivity index (χ4v) is 2.79. The number of aromatic amines is 1. The molecule has 0 amide bonds. The quantitative estimate of drug-likeness (QED) is 0.387. The minimum absolute atomic E-state index is 0.360. The summed E-state index contributed by atoms with van der Waals surface area (Å²) in [6.07, 6.45) is 3.89. The molecule has 0 saturated heterocycles. The summed E-state index contributed by atoms with van der Waals surface area (Å²) in [6, 6.07) is 15.4. The fourth-order valence-electron chi connectivity index (χ4n) is 2.54. The Kier molecular flexibility index (Phi) is 8.53. The van der Waals surface area contributed by atoms with Crippen LogP contribution in [0.5, 0.6) is 0 Å². The number of carboxylic acids is 2. The van der Waals surface area contributed by atoms with Crippen LogP contribution in [0.3, 0.4) is 0 Å². The summed E-state index contributed by atoms with van der Waals surface area (Å²) in [5, 5.41) is 16.3. The maximum atomic E-state index is 11.4. The molecule has 31 heavy (non-hydrogen) atoms. The predicted molar refractivity (Wildman–Crippen MR) is 113 cm³/mol. The standard InChI is InChI=1S/C18H15ClN2O2.C4H4O4/c1-12(22)23-17(18-20-10-11-21-18)14-8-6-13(7-9-14)15-4-2-3-5-16(15)19;5-3(6)1-2-4(7)8/h2-11,17H,1H3,(H,20,21);1-2H,(H,5,6)(H,7,8)/b;2-1-. The zero-order valence-electron chi connectivity index (χ0n) is 16.4. The minimum atomic E-state index is -1.26. The third-order valence-electron chi connectivity index (χ3n) is 3.82. The second kappa shape index (κ2) is 11.3. The van der Waals surface area contributed by atoms with E-state index in [1.165, 1.54) is 6.92 Å². The number of aliphatic carboxylic acids is 2. The van der Waals surface area contributed by atoms with Crippen molar-refractivity contribution in [2.45, 2.75) is 13.0 Å². The highest BCUT2D eigenvalue weighted by atomic mass is 35.5. The third-order valence-corrected chi connectivity index (χ3v) is 4.15. The van der Waals surface area contributed by atoms with Gasteiger partial charge in [-0.25, -0.2) is 14.6 Å². The van der Waals surface area contributed by atoms with E-state index in [1.807, 2.05) is 48.5 Å². The van der Waals surface area contributed by atoms with Crippen LogP contribution in [0.15, 0.2) is 73.1 Å². The number of H-pyrrole nitrogens is 1. The summed E-state index contributed by atoms with van der Waals surface area (Å²) in [4.78, 5) is 37.7. The molecule has 9 heteroatoms. The van der Waals surface area contributed by atoms with Gasteiger partial charge in [0, 0.05) is 47.6 Å². The van der Waals surface area contributed by atoms with Gasteiger partial charge in [0.2, 0.25) is 0 Å². The Morgan fingerprint density at radius 2 is 1.65 bits per heavy atom. The predicted octanol–water partition coefficient (Wildman–Crippen LogP) is 4.09. The Morgan fingerprint density at radius 3 is 2.13 bits per heavy atom. The van der Waals surface area contributed by atoms with Crippen LogP contribution in [0.2, 0.25) is 5.02 Å². The van der Waals surface area contributed by atoms with E-state index >= 15 is 0 Å². The Bertz CT molecular complexity index is 1050. The van der Waals surface area contributed by atoms with Crippen molar-refractivity contribution in [3.63, 3.8) is 0 Å². The molecule has 0 radical (unpaired) electrons. The average Bonchev–Trinajstić information content (AvgIpc) is 3.26. The minimum Gasteiger partial charge on any atom is -0.478 e. The van der Waals surface area contributed by atoms with Gasteiger partial charge in [0.05, 0.1) is 0 Å². The summed E-state index contributed by atoms with van der Waals surface area (Å²) < 4.78 is 5.39. The van der Waals surface area contributed by atoms with Crippen molar-refractivity contribution in [1.82, 2.24) is 9.97 Å². The molecule has 3 N–H and O–H groups in total. The van der Waals surface area contributed by atoms with Crippen LogP contribution in [0, 0.1) is 0 Å². The number of nitrogens with one attached hydrogen (secondary N) is 1. The van der Waals surface area contributed by atoms with Crippen molar-refractivity contribution in [3.8, 4) is 11.1 Å². The molecule has 0 aliphatic carbocycles. The van der Waals surface area contributed by atoms with Crippen LogP contribution >= 0.6 is 11.6 Å². The van der Waals surface area contributed by atoms with Crippen molar-refractivity contribution in [2.75, 3.05) is 0 Å². The summed E-state index contributed by atoms with van der Waals surface area (Å²) in [6.45, 7) is 1.38. The van der Waals surface area contributed by atoms with E-state index in [2.05, 4.69) is 9.97 Å². The van der Waals surface area contributed by atoms with Gasteiger partial charge in [-0.05, 0) is 11.6 Å². The van der Waals surface area contributed by atoms with Crippen molar-refractivity contribution in [1.29, 1.82) is 0 Å². The second-order valence-corrected chi connectivity index (χ2v) is 6.48. The molecular formula is C22H19ClN2O6. The molecule has 0 bridgehead atoms. The van der Waals surface area contributed by atoms with E-state index in [-0.39, 0.29) is 5.97 Å². The molecule has 3 aromatic rings. The lowest BCUT2D eigenvalue weighted by molar-refractivity contribution is -0.145. The molecule has 0 spiro atoms. The zero-order valence-corrected chi connectivity index (χ0v) is 17.1. The lowest BCUT2D eigenvalue weighted by Crippen LogP contribution is -2.11. The summed E-state index contributed by atoms with van der Waals surface area (Å²) in [5.74, 6) is -2.29. The Labute approximate surface area is 182 Å². The molecule has 2 aromatic carbocycles. The van der Waals surface area contributed by atoms with Crippen molar-refractivity contribution >= 4 is 29.5 Å². The highest BCUT2D eigenvalue weighted by molar-refractivity contribution is 6.33. The number of esters is 1. The van der Waals surface area contributed by atoms with Gasteiger partial charge in [0.25, 0.3) is 0 Å². The molecule has 1 unspecified atom stereocenters. The number of aromatic nitrogens is 2. The van der Waals surface area contributed by atoms with Crippen LogP contribution in [-0.2, 0) is 19.1 Å². The highest BCUT2D eigenvalue weighted by Crippen LogP contribution is 2.30. The van der Waals surface area contributed by atoms with Gasteiger partial charge in [0.1, 0.15) is 0 Å². The SMILES string of the molecule is CC(=O)OC(c1ccc(-c2ccccc2Cl)cc1)c1ncc[nH]1.O=C(O)/C=C\C(=O)O. The topological polar surface area (TPSA) is 130 Å². The van der Waals surface area contributed by atoms with Gasteiger partial charge < -0.3 is 19.9 Å². The number of hydrogen-bond donors (Lipinski definition) is 3. The first-order valence-corrected chi connectivity index (χ1v) is 9.31. The van der Waals surface area contributed by atoms with Gasteiger partial charge in [-0.1, -0.05) is 54.1 Å². The van der Waals surface area contributed by atoms with Crippen LogP contribution in [0.25, 0.3) is 11.1 Å². The van der Waals surface area contributed by atoms with Crippen LogP contribution < -0.4 is 0 Å². The van der Waals surface area contributed by atoms with E-state index in [0.717, 1.165) is 16.7 Å². The molecule has 0 saturated carbocycles. The lowest BCUT2D eigenvalue weighted by Gasteiger charge is -2.16. The summed E-state index contributed by atoms with van der Waals surface area (Å²) in [5.41, 5.74) is 2.80. The number of halogens is 1. The van der Waals surface area contributed by atoms with Crippen molar-refractivity contribution in [2.24, 2.45) is 0 Å². The molecule has 8 nitrogen and oxygen atoms in total. The first-order valence-electron chi connectivity index (χ1n) is 8.93. The van der Waals surface area contributed by atoms with E-state index in [1.54, 1.807) is 12.4 Å². The van der Waals surface area contributed by atoms with E-state index in [9.17, 15) is 14.4 Å². The molecule has 0 aliphatic rings. The number of nitrogens with zero attached hydrogens (tertiary/aromatic N) is 1. The fraction of sp³-hybridized carbons (Fsp3) is 0.0909. The van der Waals surface area contributed by atoms with E-state index < -0.39 is 18.0 Å². The van der Waals surface area contributed by atoms with Crippen LogP contribution in [0.1, 0.15) is 24.4 Å². The van der Waals surface area contributed by atoms with Gasteiger partial charge in [-0.15, -0.1) is 0 Å². The first kappa shape index (κ1) is 23.4. The Balaban J connectivity index is 0.000000366. The molecule has 1 atom stereocenters. The van der Waals surface area contributed by atoms with E-state index in [0.29, 0.717) is 23.0 Å². The number of imidazole rings is 1. The summed E-state index contributed by atoms with van der Waals surface area (Å²) in [7, 11) is 0. The van der Waals surface area contributed by atoms with Crippen molar-refractivity contribution < 1.29 is 29.3 Å². The first-order chi connectivity index (χ1) is 14.8. The van der Waals surface area contributed by atoms with E-state index in [4.69, 9.17) is 26.6 Å². The number of rotatable bonds is 6. The highest BCUT2D eigenvalue weighted by Gasteiger charge is 2.19. The molecule has 160 valence electrons. The number of carbonyl (C=O) groups excluding carboxylic acids is 1. The lowest BCUT2D eigenvalue weighted by atomic mass is 10.0. The molecular weight excluding hydrogens is 424 g/mol. The Hall–Kier alpha value is -3.91. The monoisotopic (exact) mass is 442 g/mol. The number of benzene rings is 2. The molecule has 0 aliphatic heterocycles. The normalized spacial score (nSPS) is 11.3. The molecule has 1 aromatic heterocycles. The largest absolute Gasteiger partial charge is 0.478 e. The molecule has 1 heterocycles. The number of carboxylic acid groups (broad SMARTS) is 2. The molecule has 3 rings (SSSR count). The van der Waals surface area contributed by atoms with Gasteiger partial charge in [-0.2, -0.15) is 0 Å². The van der Waals surface area contributed by atoms with Crippen LogP contribution in [0.4, 0.5) is 0 Å². The van der Waals surface area contributed by atoms with Crippen molar-refractivity contribution in [3.05, 3.63) is 89.5 Å². The number of hydrogen-bond acceptors (Lipinski definition) is 5. The van der Waals surface area contributed by atoms with Gasteiger partial charge in [-0.3, -0.25) is 4.79 Å². The molecule has 0 fully saturated rings. The number of ether oxygens (including phenoxy) is 1. The zero-order chi connectivity index (χ0) is 22.8. The summed E-state index contributed by atoms with van der Waals surface area (Å²) >= 11 is 6.23. The van der Waals surface area contributed by atoms with Crippen LogP contribution in [-0.4, -0.2) is 38.1 Å².